The summed E-state index contributed by atoms with van der Waals surface area (Å²) in [6, 6.07) is 23.9. The van der Waals surface area contributed by atoms with Gasteiger partial charge in [-0.25, -0.2) is 4.39 Å². The van der Waals surface area contributed by atoms with Crippen LogP contribution in [-0.4, -0.2) is 10.5 Å². The van der Waals surface area contributed by atoms with E-state index in [0.29, 0.717) is 31.0 Å². The first-order valence-electron chi connectivity index (χ1n) is 10.8. The average Bonchev–Trinajstić information content (AvgIpc) is 3.22. The molecule has 166 valence electrons. The Morgan fingerprint density at radius 3 is 2.58 bits per heavy atom. The fraction of sp³-hybridized carbons (Fsp3) is 0.148. The van der Waals surface area contributed by atoms with E-state index in [4.69, 9.17) is 16.3 Å². The molecule has 0 fully saturated rings. The minimum atomic E-state index is -0.289. The number of halogens is 2. The Hall–Kier alpha value is -3.57. The Labute approximate surface area is 196 Å². The molecule has 1 aliphatic rings. The van der Waals surface area contributed by atoms with Crippen LogP contribution in [-0.2, 0) is 24.4 Å². The molecule has 0 unspecified atom stereocenters. The lowest BCUT2D eigenvalue weighted by Gasteiger charge is -2.21. The van der Waals surface area contributed by atoms with Gasteiger partial charge in [0.1, 0.15) is 18.2 Å². The van der Waals surface area contributed by atoms with Crippen molar-refractivity contribution >= 4 is 17.5 Å². The monoisotopic (exact) mass is 460 g/mol. The van der Waals surface area contributed by atoms with E-state index in [9.17, 15) is 9.18 Å². The molecular formula is C27H22ClFN2O2. The summed E-state index contributed by atoms with van der Waals surface area (Å²) < 4.78 is 21.2. The van der Waals surface area contributed by atoms with Crippen molar-refractivity contribution in [1.29, 1.82) is 0 Å². The SMILES string of the molecule is O=C(CCc1cc2c(n1-c1ccc(Cl)cc1)-c1ccccc1OC2)NCc1ccc(F)cc1. The lowest BCUT2D eigenvalue weighted by molar-refractivity contribution is -0.121. The Morgan fingerprint density at radius 1 is 1.03 bits per heavy atom. The van der Waals surface area contributed by atoms with Crippen molar-refractivity contribution in [2.75, 3.05) is 0 Å². The molecule has 6 heteroatoms. The van der Waals surface area contributed by atoms with E-state index < -0.39 is 0 Å². The topological polar surface area (TPSA) is 43.3 Å². The molecule has 0 bridgehead atoms. The highest BCUT2D eigenvalue weighted by Crippen LogP contribution is 2.41. The van der Waals surface area contributed by atoms with E-state index in [1.165, 1.54) is 12.1 Å². The number of aryl methyl sites for hydroxylation is 1. The van der Waals surface area contributed by atoms with Gasteiger partial charge >= 0.3 is 0 Å². The van der Waals surface area contributed by atoms with Crippen LogP contribution in [0.15, 0.2) is 78.9 Å². The molecule has 33 heavy (non-hydrogen) atoms. The standard InChI is InChI=1S/C27H22ClFN2O2/c28-20-7-11-22(12-8-20)31-23(13-14-26(32)30-16-18-5-9-21(29)10-6-18)15-19-17-33-25-4-2-1-3-24(25)27(19)31/h1-12,15H,13-14,16-17H2,(H,30,32). The summed E-state index contributed by atoms with van der Waals surface area (Å²) in [6.45, 7) is 0.853. The number of nitrogens with one attached hydrogen (secondary N) is 1. The minimum Gasteiger partial charge on any atom is -0.488 e. The highest BCUT2D eigenvalue weighted by molar-refractivity contribution is 6.30. The first-order valence-corrected chi connectivity index (χ1v) is 11.2. The largest absolute Gasteiger partial charge is 0.488 e. The van der Waals surface area contributed by atoms with Gasteiger partial charge in [0.25, 0.3) is 0 Å². The van der Waals surface area contributed by atoms with E-state index in [-0.39, 0.29) is 11.7 Å². The lowest BCUT2D eigenvalue weighted by Crippen LogP contribution is -2.23. The van der Waals surface area contributed by atoms with Crippen LogP contribution in [0.2, 0.25) is 5.02 Å². The molecule has 4 aromatic rings. The molecule has 1 aliphatic heterocycles. The molecule has 0 saturated carbocycles. The van der Waals surface area contributed by atoms with Crippen molar-refractivity contribution < 1.29 is 13.9 Å². The number of amides is 1. The van der Waals surface area contributed by atoms with Crippen molar-refractivity contribution in [3.8, 4) is 22.7 Å². The summed E-state index contributed by atoms with van der Waals surface area (Å²) in [6.07, 6.45) is 0.896. The second-order valence-electron chi connectivity index (χ2n) is 8.01. The first kappa shape index (κ1) is 21.3. The number of para-hydroxylation sites is 1. The number of ether oxygens (including phenoxy) is 1. The number of rotatable bonds is 6. The number of nitrogens with zero attached hydrogens (tertiary/aromatic N) is 1. The zero-order valence-electron chi connectivity index (χ0n) is 17.9. The molecule has 0 spiro atoms. The number of carbonyl (C=O) groups excluding carboxylic acids is 1. The van der Waals surface area contributed by atoms with Crippen LogP contribution in [0, 0.1) is 5.82 Å². The molecule has 5 rings (SSSR count). The number of hydrogen-bond donors (Lipinski definition) is 1. The maximum Gasteiger partial charge on any atom is 0.220 e. The molecule has 0 aliphatic carbocycles. The van der Waals surface area contributed by atoms with Gasteiger partial charge in [-0.2, -0.15) is 0 Å². The van der Waals surface area contributed by atoms with Crippen LogP contribution in [0.5, 0.6) is 5.75 Å². The summed E-state index contributed by atoms with van der Waals surface area (Å²) in [5.41, 5.74) is 6.07. The maximum atomic E-state index is 13.1. The minimum absolute atomic E-state index is 0.0576. The Morgan fingerprint density at radius 2 is 1.79 bits per heavy atom. The van der Waals surface area contributed by atoms with E-state index in [0.717, 1.165) is 39.5 Å². The van der Waals surface area contributed by atoms with Crippen molar-refractivity contribution in [2.45, 2.75) is 26.0 Å². The first-order chi connectivity index (χ1) is 16.1. The second-order valence-corrected chi connectivity index (χ2v) is 8.45. The molecule has 1 N–H and O–H groups in total. The predicted molar refractivity (Wildman–Crippen MR) is 127 cm³/mol. The summed E-state index contributed by atoms with van der Waals surface area (Å²) in [5.74, 6) is 0.502. The van der Waals surface area contributed by atoms with Crippen LogP contribution in [0.3, 0.4) is 0 Å². The summed E-state index contributed by atoms with van der Waals surface area (Å²) in [4.78, 5) is 12.6. The van der Waals surface area contributed by atoms with Crippen molar-refractivity contribution in [3.63, 3.8) is 0 Å². The molecule has 0 radical (unpaired) electrons. The van der Waals surface area contributed by atoms with Gasteiger partial charge in [-0.3, -0.25) is 4.79 Å². The zero-order valence-corrected chi connectivity index (χ0v) is 18.6. The van der Waals surface area contributed by atoms with E-state index in [1.807, 2.05) is 42.5 Å². The average molecular weight is 461 g/mol. The van der Waals surface area contributed by atoms with Crippen LogP contribution in [0.25, 0.3) is 16.9 Å². The smallest absolute Gasteiger partial charge is 0.220 e. The lowest BCUT2D eigenvalue weighted by atomic mass is 10.0. The number of aromatic nitrogens is 1. The normalized spacial score (nSPS) is 11.9. The van der Waals surface area contributed by atoms with E-state index >= 15 is 0 Å². The van der Waals surface area contributed by atoms with Crippen molar-refractivity contribution in [1.82, 2.24) is 9.88 Å². The molecule has 1 aromatic heterocycles. The molecule has 3 aromatic carbocycles. The Bertz CT molecular complexity index is 1300. The second kappa shape index (κ2) is 9.12. The molecule has 2 heterocycles. The summed E-state index contributed by atoms with van der Waals surface area (Å²) in [7, 11) is 0. The van der Waals surface area contributed by atoms with Crippen LogP contribution < -0.4 is 10.1 Å². The van der Waals surface area contributed by atoms with E-state index in [2.05, 4.69) is 22.0 Å². The molecular weight excluding hydrogens is 439 g/mol. The molecule has 4 nitrogen and oxygen atoms in total. The quantitative estimate of drug-likeness (QED) is 0.379. The van der Waals surface area contributed by atoms with Crippen LogP contribution >= 0.6 is 11.6 Å². The Kier molecular flexibility index (Phi) is 5.88. The molecule has 1 amide bonds. The fourth-order valence-corrected chi connectivity index (χ4v) is 4.30. The predicted octanol–water partition coefficient (Wildman–Crippen LogP) is 6.08. The van der Waals surface area contributed by atoms with Gasteiger partial charge in [-0.1, -0.05) is 35.9 Å². The maximum absolute atomic E-state index is 13.1. The third-order valence-electron chi connectivity index (χ3n) is 5.78. The van der Waals surface area contributed by atoms with Crippen LogP contribution in [0.4, 0.5) is 4.39 Å². The van der Waals surface area contributed by atoms with Gasteiger partial charge in [0.15, 0.2) is 0 Å². The van der Waals surface area contributed by atoms with Gasteiger partial charge in [-0.05, 0) is 66.6 Å². The van der Waals surface area contributed by atoms with Crippen molar-refractivity contribution in [2.24, 2.45) is 0 Å². The third-order valence-corrected chi connectivity index (χ3v) is 6.03. The van der Waals surface area contributed by atoms with E-state index in [1.54, 1.807) is 12.1 Å². The molecule has 0 saturated heterocycles. The van der Waals surface area contributed by atoms with Gasteiger partial charge in [0.05, 0.1) is 5.69 Å². The highest BCUT2D eigenvalue weighted by atomic mass is 35.5. The highest BCUT2D eigenvalue weighted by Gasteiger charge is 2.24. The zero-order chi connectivity index (χ0) is 22.8. The number of benzene rings is 3. The fourth-order valence-electron chi connectivity index (χ4n) is 4.17. The van der Waals surface area contributed by atoms with Gasteiger partial charge < -0.3 is 14.6 Å². The van der Waals surface area contributed by atoms with Gasteiger partial charge in [0.2, 0.25) is 5.91 Å². The summed E-state index contributed by atoms with van der Waals surface area (Å²) >= 11 is 6.13. The summed E-state index contributed by atoms with van der Waals surface area (Å²) in [5, 5.41) is 3.59. The van der Waals surface area contributed by atoms with Crippen LogP contribution in [0.1, 0.15) is 23.2 Å². The number of hydrogen-bond acceptors (Lipinski definition) is 2. The molecule has 0 atom stereocenters. The van der Waals surface area contributed by atoms with Gasteiger partial charge in [-0.15, -0.1) is 0 Å². The van der Waals surface area contributed by atoms with Gasteiger partial charge in [0, 0.05) is 40.5 Å². The number of carbonyl (C=O) groups is 1. The van der Waals surface area contributed by atoms with Crippen molar-refractivity contribution in [3.05, 3.63) is 107 Å². The Balaban J connectivity index is 1.40. The third kappa shape index (κ3) is 4.50. The number of fused-ring (bicyclic) bond motifs is 3.